The van der Waals surface area contributed by atoms with Gasteiger partial charge in [0.1, 0.15) is 0 Å². The number of anilines is 1. The number of fused-ring (bicyclic) bond motifs is 1. The van der Waals surface area contributed by atoms with Gasteiger partial charge in [0.15, 0.2) is 0 Å². The number of primary amides is 1. The molecule has 0 bridgehead atoms. The van der Waals surface area contributed by atoms with Crippen molar-refractivity contribution in [1.82, 2.24) is 5.32 Å². The normalized spacial score (nSPS) is 17.3. The highest BCUT2D eigenvalue weighted by Crippen LogP contribution is 2.37. The van der Waals surface area contributed by atoms with Crippen LogP contribution in [0.2, 0.25) is 0 Å². The molecule has 2 aliphatic rings. The molecule has 0 spiro atoms. The SMILES string of the molecule is CCCCC(C(N)=O)[C@H](CC1CCC1)C(=O)N[C@H]1N=C(c2ccccc2)c2ccccc2N(Cc2cccc(-c3ccc(C(F)(F)F)cc3)c2)C1=O. The number of carbonyl (C=O) groups is 3. The molecule has 4 aromatic rings. The molecule has 7 nitrogen and oxygen atoms in total. The number of benzene rings is 4. The quantitative estimate of drug-likeness (QED) is 0.146. The van der Waals surface area contributed by atoms with Crippen molar-refractivity contribution in [1.29, 1.82) is 0 Å². The van der Waals surface area contributed by atoms with Crippen molar-refractivity contribution in [3.8, 4) is 11.1 Å². The number of aliphatic imine (C=N–C) groups is 1. The predicted octanol–water partition coefficient (Wildman–Crippen LogP) is 8.30. The molecule has 52 heavy (non-hydrogen) atoms. The summed E-state index contributed by atoms with van der Waals surface area (Å²) in [6, 6.07) is 29.1. The van der Waals surface area contributed by atoms with Gasteiger partial charge in [0.2, 0.25) is 18.0 Å². The van der Waals surface area contributed by atoms with Crippen molar-refractivity contribution < 1.29 is 27.6 Å². The third-order valence-electron chi connectivity index (χ3n) is 10.2. The highest BCUT2D eigenvalue weighted by atomic mass is 19.4. The smallest absolute Gasteiger partial charge is 0.369 e. The fourth-order valence-electron chi connectivity index (χ4n) is 7.15. The first kappa shape index (κ1) is 36.5. The number of hydrogen-bond acceptors (Lipinski definition) is 4. The first-order valence-electron chi connectivity index (χ1n) is 17.9. The number of nitrogens with two attached hydrogens (primary N) is 1. The van der Waals surface area contributed by atoms with Gasteiger partial charge in [-0.3, -0.25) is 14.4 Å². The van der Waals surface area contributed by atoms with Crippen LogP contribution in [-0.4, -0.2) is 29.6 Å². The molecule has 1 saturated carbocycles. The Bertz CT molecular complexity index is 1920. The first-order chi connectivity index (χ1) is 25.0. The largest absolute Gasteiger partial charge is 0.416 e. The Morgan fingerprint density at radius 3 is 2.23 bits per heavy atom. The molecule has 1 aliphatic carbocycles. The van der Waals surface area contributed by atoms with Crippen LogP contribution in [-0.2, 0) is 27.1 Å². The standard InChI is InChI=1S/C42H43F3N4O3/c1-2-3-17-33(38(46)50)35(25-27-11-9-12-27)40(51)48-39-41(52)49(36-19-8-7-18-34(36)37(47-39)30-14-5-4-6-15-30)26-28-13-10-16-31(24-28)29-20-22-32(23-21-29)42(43,44)45/h4-8,10,13-16,18-24,27,33,35,39H,2-3,9,11-12,17,25-26H2,1H3,(H2,46,50)(H,48,51)/t33?,35-,39+/m0/s1. The lowest BCUT2D eigenvalue weighted by atomic mass is 9.73. The monoisotopic (exact) mass is 708 g/mol. The lowest BCUT2D eigenvalue weighted by molar-refractivity contribution is -0.137. The Morgan fingerprint density at radius 1 is 0.885 bits per heavy atom. The molecule has 1 heterocycles. The third kappa shape index (κ3) is 8.27. The van der Waals surface area contributed by atoms with Crippen molar-refractivity contribution in [2.45, 2.75) is 70.8 Å². The molecule has 10 heteroatoms. The molecule has 3 N–H and O–H groups in total. The number of para-hydroxylation sites is 1. The summed E-state index contributed by atoms with van der Waals surface area (Å²) in [4.78, 5) is 48.3. The van der Waals surface area contributed by atoms with E-state index in [2.05, 4.69) is 5.32 Å². The summed E-state index contributed by atoms with van der Waals surface area (Å²) in [7, 11) is 0. The molecule has 3 amide bonds. The Hall–Kier alpha value is -5.25. The van der Waals surface area contributed by atoms with Gasteiger partial charge < -0.3 is 16.0 Å². The van der Waals surface area contributed by atoms with E-state index in [1.165, 1.54) is 12.1 Å². The zero-order valence-electron chi connectivity index (χ0n) is 29.1. The Balaban J connectivity index is 1.37. The van der Waals surface area contributed by atoms with Crippen molar-refractivity contribution in [3.05, 3.63) is 125 Å². The Morgan fingerprint density at radius 2 is 1.58 bits per heavy atom. The average Bonchev–Trinajstić information content (AvgIpc) is 3.23. The summed E-state index contributed by atoms with van der Waals surface area (Å²) in [6.45, 7) is 2.12. The molecule has 4 aromatic carbocycles. The van der Waals surface area contributed by atoms with Gasteiger partial charge >= 0.3 is 6.18 Å². The maximum Gasteiger partial charge on any atom is 0.416 e. The van der Waals surface area contributed by atoms with Gasteiger partial charge in [-0.1, -0.05) is 118 Å². The van der Waals surface area contributed by atoms with E-state index in [0.717, 1.165) is 55.4 Å². The van der Waals surface area contributed by atoms with Crippen LogP contribution < -0.4 is 16.0 Å². The van der Waals surface area contributed by atoms with Crippen molar-refractivity contribution in [2.24, 2.45) is 28.5 Å². The summed E-state index contributed by atoms with van der Waals surface area (Å²) in [5.74, 6) is -2.45. The minimum Gasteiger partial charge on any atom is -0.369 e. The number of unbranched alkanes of at least 4 members (excludes halogenated alkanes) is 1. The number of carbonyl (C=O) groups excluding carboxylic acids is 3. The molecule has 1 fully saturated rings. The topological polar surface area (TPSA) is 105 Å². The Labute approximate surface area is 302 Å². The van der Waals surface area contributed by atoms with E-state index in [9.17, 15) is 27.6 Å². The minimum atomic E-state index is -4.44. The molecule has 0 saturated heterocycles. The summed E-state index contributed by atoms with van der Waals surface area (Å²) in [5.41, 5.74) is 9.78. The predicted molar refractivity (Wildman–Crippen MR) is 196 cm³/mol. The molecule has 6 rings (SSSR count). The van der Waals surface area contributed by atoms with E-state index in [0.29, 0.717) is 46.8 Å². The van der Waals surface area contributed by atoms with Gasteiger partial charge in [-0.15, -0.1) is 0 Å². The van der Waals surface area contributed by atoms with Crippen LogP contribution in [0.1, 0.15) is 74.1 Å². The van der Waals surface area contributed by atoms with Crippen LogP contribution in [0.15, 0.2) is 108 Å². The van der Waals surface area contributed by atoms with Crippen LogP contribution in [0.25, 0.3) is 11.1 Å². The number of nitrogens with one attached hydrogen (secondary N) is 1. The highest BCUT2D eigenvalue weighted by Gasteiger charge is 2.39. The number of alkyl halides is 3. The van der Waals surface area contributed by atoms with Crippen molar-refractivity contribution in [3.63, 3.8) is 0 Å². The molecule has 1 aliphatic heterocycles. The van der Waals surface area contributed by atoms with Gasteiger partial charge in [-0.2, -0.15) is 13.2 Å². The number of benzodiazepines with no additional fused rings is 1. The minimum absolute atomic E-state index is 0.0974. The molecule has 3 atom stereocenters. The van der Waals surface area contributed by atoms with Crippen LogP contribution in [0.5, 0.6) is 0 Å². The summed E-state index contributed by atoms with van der Waals surface area (Å²) in [6.07, 6.45) is -0.115. The second-order valence-electron chi connectivity index (χ2n) is 13.8. The number of halogens is 3. The Kier molecular flexibility index (Phi) is 11.2. The molecular formula is C42H43F3N4O3. The van der Waals surface area contributed by atoms with E-state index in [1.54, 1.807) is 17.0 Å². The van der Waals surface area contributed by atoms with E-state index < -0.39 is 47.5 Å². The molecule has 0 aromatic heterocycles. The van der Waals surface area contributed by atoms with E-state index in [1.807, 2.05) is 73.7 Å². The average molecular weight is 709 g/mol. The van der Waals surface area contributed by atoms with Gasteiger partial charge in [-0.25, -0.2) is 4.99 Å². The molecular weight excluding hydrogens is 665 g/mol. The van der Waals surface area contributed by atoms with Gasteiger partial charge in [0.05, 0.1) is 23.5 Å². The second-order valence-corrected chi connectivity index (χ2v) is 13.8. The van der Waals surface area contributed by atoms with Crippen molar-refractivity contribution in [2.75, 3.05) is 4.90 Å². The number of amides is 3. The first-order valence-corrected chi connectivity index (χ1v) is 17.9. The molecule has 270 valence electrons. The number of nitrogens with zero attached hydrogens (tertiary/aromatic N) is 2. The van der Waals surface area contributed by atoms with Crippen molar-refractivity contribution >= 4 is 29.1 Å². The third-order valence-corrected chi connectivity index (χ3v) is 10.2. The zero-order chi connectivity index (χ0) is 36.8. The van der Waals surface area contributed by atoms with Crippen LogP contribution in [0.4, 0.5) is 18.9 Å². The highest BCUT2D eigenvalue weighted by molar-refractivity contribution is 6.20. The fraction of sp³-hybridized carbons (Fsp3) is 0.333. The number of rotatable bonds is 13. The van der Waals surface area contributed by atoms with Gasteiger partial charge in [0, 0.05) is 23.0 Å². The molecule has 0 radical (unpaired) electrons. The van der Waals surface area contributed by atoms with Crippen LogP contribution in [0, 0.1) is 17.8 Å². The maximum absolute atomic E-state index is 14.7. The second kappa shape index (κ2) is 16.0. The fourth-order valence-corrected chi connectivity index (χ4v) is 7.15. The van der Waals surface area contributed by atoms with Gasteiger partial charge in [-0.05, 0) is 59.7 Å². The zero-order valence-corrected chi connectivity index (χ0v) is 29.1. The number of hydrogen-bond donors (Lipinski definition) is 2. The summed E-state index contributed by atoms with van der Waals surface area (Å²) in [5, 5.41) is 2.96. The lowest BCUT2D eigenvalue weighted by Gasteiger charge is -2.33. The van der Waals surface area contributed by atoms with Gasteiger partial charge in [0.25, 0.3) is 5.91 Å². The van der Waals surface area contributed by atoms with E-state index in [-0.39, 0.29) is 6.54 Å². The van der Waals surface area contributed by atoms with E-state index >= 15 is 0 Å². The lowest BCUT2D eigenvalue weighted by Crippen LogP contribution is -2.51. The summed E-state index contributed by atoms with van der Waals surface area (Å²) >= 11 is 0. The molecule has 1 unspecified atom stereocenters. The maximum atomic E-state index is 14.7. The van der Waals surface area contributed by atoms with E-state index in [4.69, 9.17) is 10.7 Å². The summed E-state index contributed by atoms with van der Waals surface area (Å²) < 4.78 is 39.7. The van der Waals surface area contributed by atoms with Crippen LogP contribution in [0.3, 0.4) is 0 Å². The van der Waals surface area contributed by atoms with Crippen LogP contribution >= 0.6 is 0 Å².